The minimum atomic E-state index is -1.11. The van der Waals surface area contributed by atoms with E-state index in [4.69, 9.17) is 11.6 Å². The van der Waals surface area contributed by atoms with Crippen LogP contribution in [-0.4, -0.2) is 23.3 Å². The van der Waals surface area contributed by atoms with Gasteiger partial charge in [0.15, 0.2) is 11.0 Å². The van der Waals surface area contributed by atoms with Gasteiger partial charge in [-0.05, 0) is 13.0 Å². The average Bonchev–Trinajstić information content (AvgIpc) is 2.21. The van der Waals surface area contributed by atoms with Crippen LogP contribution in [-0.2, 0) is 9.53 Å². The van der Waals surface area contributed by atoms with Gasteiger partial charge in [-0.2, -0.15) is 0 Å². The number of ketones is 1. The number of esters is 1. The third-order valence-corrected chi connectivity index (χ3v) is 1.82. The van der Waals surface area contributed by atoms with E-state index >= 15 is 0 Å². The zero-order valence-corrected chi connectivity index (χ0v) is 8.55. The Bertz CT molecular complexity index is 408. The Hall–Kier alpha value is -1.49. The van der Waals surface area contributed by atoms with Crippen LogP contribution in [0, 0.1) is 5.82 Å². The van der Waals surface area contributed by atoms with Gasteiger partial charge >= 0.3 is 5.97 Å². The predicted molar refractivity (Wildman–Crippen MR) is 50.2 cm³/mol. The van der Waals surface area contributed by atoms with Crippen LogP contribution in [0.4, 0.5) is 4.39 Å². The van der Waals surface area contributed by atoms with Gasteiger partial charge in [0, 0.05) is 6.20 Å². The summed E-state index contributed by atoms with van der Waals surface area (Å²) in [6.45, 7) is 1.59. The molecule has 0 atom stereocenters. The second-order valence-corrected chi connectivity index (χ2v) is 2.87. The zero-order valence-electron chi connectivity index (χ0n) is 7.79. The number of aromatic nitrogens is 1. The molecule has 0 spiro atoms. The number of halogens is 2. The minimum Gasteiger partial charge on any atom is -0.460 e. The normalized spacial score (nSPS) is 9.80. The van der Waals surface area contributed by atoms with E-state index in [1.54, 1.807) is 6.92 Å². The summed E-state index contributed by atoms with van der Waals surface area (Å²) < 4.78 is 17.7. The first-order chi connectivity index (χ1) is 7.07. The number of pyridine rings is 1. The standard InChI is InChI=1S/C9H7ClFNO3/c1-2-15-9(14)7(13)5-3-4-12-8(10)6(5)11/h3-4H,2H2,1H3. The van der Waals surface area contributed by atoms with Crippen LogP contribution in [0.2, 0.25) is 5.15 Å². The van der Waals surface area contributed by atoms with Gasteiger partial charge in [-0.25, -0.2) is 14.2 Å². The molecule has 0 aliphatic carbocycles. The maximum Gasteiger partial charge on any atom is 0.379 e. The van der Waals surface area contributed by atoms with E-state index in [0.717, 1.165) is 12.3 Å². The molecule has 0 N–H and O–H groups in total. The van der Waals surface area contributed by atoms with Gasteiger partial charge in [0.2, 0.25) is 0 Å². The van der Waals surface area contributed by atoms with Crippen LogP contribution >= 0.6 is 11.6 Å². The number of hydrogen-bond acceptors (Lipinski definition) is 4. The second-order valence-electron chi connectivity index (χ2n) is 2.51. The lowest BCUT2D eigenvalue weighted by Crippen LogP contribution is -2.19. The number of carbonyl (C=O) groups excluding carboxylic acids is 2. The molecule has 15 heavy (non-hydrogen) atoms. The van der Waals surface area contributed by atoms with Crippen molar-refractivity contribution in [3.05, 3.63) is 28.8 Å². The van der Waals surface area contributed by atoms with Crippen molar-refractivity contribution in [1.82, 2.24) is 4.98 Å². The first-order valence-electron chi connectivity index (χ1n) is 4.09. The molecule has 0 unspecified atom stereocenters. The molecule has 1 heterocycles. The van der Waals surface area contributed by atoms with Crippen LogP contribution < -0.4 is 0 Å². The molecule has 0 saturated carbocycles. The van der Waals surface area contributed by atoms with Crippen molar-refractivity contribution < 1.29 is 18.7 Å². The predicted octanol–water partition coefficient (Wildman–Crippen LogP) is 1.62. The minimum absolute atomic E-state index is 0.0466. The Balaban J connectivity index is 3.01. The smallest absolute Gasteiger partial charge is 0.379 e. The summed E-state index contributed by atoms with van der Waals surface area (Å²) in [5.41, 5.74) is -0.437. The highest BCUT2D eigenvalue weighted by Crippen LogP contribution is 2.15. The number of rotatable bonds is 3. The molecule has 0 aromatic carbocycles. The molecular weight excluding hydrogens is 225 g/mol. The molecule has 0 fully saturated rings. The molecule has 1 aromatic heterocycles. The van der Waals surface area contributed by atoms with Crippen LogP contribution in [0.1, 0.15) is 17.3 Å². The average molecular weight is 232 g/mol. The van der Waals surface area contributed by atoms with Gasteiger partial charge in [0.25, 0.3) is 5.78 Å². The van der Waals surface area contributed by atoms with Crippen molar-refractivity contribution >= 4 is 23.4 Å². The SMILES string of the molecule is CCOC(=O)C(=O)c1ccnc(Cl)c1F. The van der Waals surface area contributed by atoms with Crippen molar-refractivity contribution in [3.8, 4) is 0 Å². The first kappa shape index (κ1) is 11.6. The number of ether oxygens (including phenoxy) is 1. The van der Waals surface area contributed by atoms with E-state index in [1.165, 1.54) is 0 Å². The van der Waals surface area contributed by atoms with Crippen molar-refractivity contribution in [2.45, 2.75) is 6.92 Å². The van der Waals surface area contributed by atoms with Gasteiger partial charge in [0.1, 0.15) is 0 Å². The topological polar surface area (TPSA) is 56.3 Å². The summed E-state index contributed by atoms with van der Waals surface area (Å²) in [6.07, 6.45) is 1.14. The van der Waals surface area contributed by atoms with E-state index in [1.807, 2.05) is 0 Å². The molecular formula is C9H7ClFNO3. The number of hydrogen-bond donors (Lipinski definition) is 0. The first-order valence-corrected chi connectivity index (χ1v) is 4.47. The highest BCUT2D eigenvalue weighted by Gasteiger charge is 2.22. The Morgan fingerprint density at radius 2 is 2.27 bits per heavy atom. The fourth-order valence-electron chi connectivity index (χ4n) is 0.900. The summed E-state index contributed by atoms with van der Waals surface area (Å²) in [5.74, 6) is -3.20. The number of carbonyl (C=O) groups is 2. The molecule has 1 aromatic rings. The number of nitrogens with zero attached hydrogens (tertiary/aromatic N) is 1. The highest BCUT2D eigenvalue weighted by molar-refractivity contribution is 6.41. The van der Waals surface area contributed by atoms with Crippen molar-refractivity contribution in [2.75, 3.05) is 6.61 Å². The lowest BCUT2D eigenvalue weighted by molar-refractivity contribution is -0.137. The van der Waals surface area contributed by atoms with Crippen LogP contribution in [0.25, 0.3) is 0 Å². The van der Waals surface area contributed by atoms with Gasteiger partial charge in [-0.15, -0.1) is 0 Å². The quantitative estimate of drug-likeness (QED) is 0.343. The van der Waals surface area contributed by atoms with Gasteiger partial charge in [-0.3, -0.25) is 4.79 Å². The maximum atomic E-state index is 13.2. The van der Waals surface area contributed by atoms with Gasteiger partial charge in [0.05, 0.1) is 12.2 Å². The van der Waals surface area contributed by atoms with Crippen molar-refractivity contribution in [3.63, 3.8) is 0 Å². The van der Waals surface area contributed by atoms with Gasteiger partial charge < -0.3 is 4.74 Å². The summed E-state index contributed by atoms with van der Waals surface area (Å²) in [4.78, 5) is 25.7. The fraction of sp³-hybridized carbons (Fsp3) is 0.222. The molecule has 1 rings (SSSR count). The molecule has 80 valence electrons. The van der Waals surface area contributed by atoms with E-state index in [9.17, 15) is 14.0 Å². The van der Waals surface area contributed by atoms with E-state index in [-0.39, 0.29) is 6.61 Å². The molecule has 0 bridgehead atoms. The lowest BCUT2D eigenvalue weighted by Gasteiger charge is -2.02. The second kappa shape index (κ2) is 4.84. The zero-order chi connectivity index (χ0) is 11.4. The van der Waals surface area contributed by atoms with E-state index < -0.39 is 28.3 Å². The third-order valence-electron chi connectivity index (χ3n) is 1.55. The Morgan fingerprint density at radius 3 is 2.87 bits per heavy atom. The van der Waals surface area contributed by atoms with Crippen LogP contribution in [0.5, 0.6) is 0 Å². The van der Waals surface area contributed by atoms with E-state index in [0.29, 0.717) is 0 Å². The largest absolute Gasteiger partial charge is 0.460 e. The molecule has 4 nitrogen and oxygen atoms in total. The Kier molecular flexibility index (Phi) is 3.74. The summed E-state index contributed by atoms with van der Waals surface area (Å²) in [5, 5.41) is -0.454. The molecule has 0 radical (unpaired) electrons. The Morgan fingerprint density at radius 1 is 1.60 bits per heavy atom. The highest BCUT2D eigenvalue weighted by atomic mass is 35.5. The maximum absolute atomic E-state index is 13.2. The molecule has 6 heteroatoms. The van der Waals surface area contributed by atoms with Crippen LogP contribution in [0.3, 0.4) is 0 Å². The van der Waals surface area contributed by atoms with Gasteiger partial charge in [-0.1, -0.05) is 11.6 Å². The Labute approximate surface area is 90.0 Å². The molecule has 0 aliphatic heterocycles. The third kappa shape index (κ3) is 2.50. The van der Waals surface area contributed by atoms with E-state index in [2.05, 4.69) is 9.72 Å². The monoisotopic (exact) mass is 231 g/mol. The molecule has 0 aliphatic rings. The summed E-state index contributed by atoms with van der Waals surface area (Å²) in [6, 6.07) is 1.07. The van der Waals surface area contributed by atoms with Crippen molar-refractivity contribution in [1.29, 1.82) is 0 Å². The lowest BCUT2D eigenvalue weighted by atomic mass is 10.2. The molecule has 0 amide bonds. The van der Waals surface area contributed by atoms with Crippen molar-refractivity contribution in [2.24, 2.45) is 0 Å². The summed E-state index contributed by atoms with van der Waals surface area (Å²) >= 11 is 5.35. The molecule has 0 saturated heterocycles. The fourth-order valence-corrected chi connectivity index (χ4v) is 1.06. The van der Waals surface area contributed by atoms with Crippen LogP contribution in [0.15, 0.2) is 12.3 Å². The number of Topliss-reactive ketones (excluding diaryl/α,β-unsaturated/α-hetero) is 1. The summed E-state index contributed by atoms with van der Waals surface area (Å²) in [7, 11) is 0.